The van der Waals surface area contributed by atoms with Gasteiger partial charge in [-0.25, -0.2) is 0 Å². The summed E-state index contributed by atoms with van der Waals surface area (Å²) in [5, 5.41) is 2.81. The molecule has 1 N–H and O–H groups in total. The summed E-state index contributed by atoms with van der Waals surface area (Å²) < 4.78 is 38.0. The molecule has 0 aliphatic heterocycles. The number of rotatable bonds is 3. The van der Waals surface area contributed by atoms with E-state index in [9.17, 15) is 18.0 Å². The van der Waals surface area contributed by atoms with E-state index >= 15 is 0 Å². The summed E-state index contributed by atoms with van der Waals surface area (Å²) in [7, 11) is 0. The van der Waals surface area contributed by atoms with Crippen molar-refractivity contribution in [2.24, 2.45) is 5.92 Å². The van der Waals surface area contributed by atoms with Gasteiger partial charge in [0.15, 0.2) is 0 Å². The number of carbonyl (C=O) groups excluding carboxylic acids is 1. The molecule has 1 atom stereocenters. The highest BCUT2D eigenvalue weighted by atomic mass is 19.4. The zero-order chi connectivity index (χ0) is 14.8. The minimum absolute atomic E-state index is 0.0169. The molecule has 1 aromatic rings. The molecular weight excluding hydrogens is 267 g/mol. The van der Waals surface area contributed by atoms with Crippen molar-refractivity contribution in [2.75, 3.05) is 0 Å². The van der Waals surface area contributed by atoms with Crippen molar-refractivity contribution in [1.82, 2.24) is 5.32 Å². The molecule has 1 aromatic carbocycles. The van der Waals surface area contributed by atoms with Gasteiger partial charge in [-0.05, 0) is 37.5 Å². The first-order valence-corrected chi connectivity index (χ1v) is 6.85. The minimum Gasteiger partial charge on any atom is -0.349 e. The Morgan fingerprint density at radius 3 is 2.55 bits per heavy atom. The lowest BCUT2D eigenvalue weighted by Gasteiger charge is -2.18. The second kappa shape index (κ2) is 5.85. The lowest BCUT2D eigenvalue weighted by molar-refractivity contribution is -0.137. The van der Waals surface area contributed by atoms with Crippen LogP contribution in [0.15, 0.2) is 24.3 Å². The van der Waals surface area contributed by atoms with E-state index in [1.807, 2.05) is 0 Å². The highest BCUT2D eigenvalue weighted by molar-refractivity contribution is 5.79. The summed E-state index contributed by atoms with van der Waals surface area (Å²) in [4.78, 5) is 12.0. The van der Waals surface area contributed by atoms with Gasteiger partial charge in [-0.3, -0.25) is 4.79 Å². The molecule has 1 aliphatic carbocycles. The van der Waals surface area contributed by atoms with Gasteiger partial charge in [-0.1, -0.05) is 25.0 Å². The van der Waals surface area contributed by atoms with Crippen LogP contribution >= 0.6 is 0 Å². The van der Waals surface area contributed by atoms with E-state index in [-0.39, 0.29) is 11.8 Å². The summed E-state index contributed by atoms with van der Waals surface area (Å²) in [6.45, 7) is 1.71. The van der Waals surface area contributed by atoms with Gasteiger partial charge in [0.25, 0.3) is 0 Å². The summed E-state index contributed by atoms with van der Waals surface area (Å²) >= 11 is 0. The molecule has 2 rings (SSSR count). The van der Waals surface area contributed by atoms with Crippen LogP contribution in [0.1, 0.15) is 49.8 Å². The Bertz CT molecular complexity index is 478. The first-order chi connectivity index (χ1) is 9.38. The molecule has 1 amide bonds. The average molecular weight is 285 g/mol. The Morgan fingerprint density at radius 2 is 1.95 bits per heavy atom. The molecule has 1 aliphatic rings. The predicted molar refractivity (Wildman–Crippen MR) is 70.0 cm³/mol. The zero-order valence-electron chi connectivity index (χ0n) is 11.3. The number of alkyl halides is 3. The van der Waals surface area contributed by atoms with Gasteiger partial charge in [0, 0.05) is 5.92 Å². The van der Waals surface area contributed by atoms with Gasteiger partial charge in [-0.2, -0.15) is 13.2 Å². The molecule has 0 aromatic heterocycles. The molecule has 0 bridgehead atoms. The molecule has 0 spiro atoms. The van der Waals surface area contributed by atoms with E-state index in [2.05, 4.69) is 5.32 Å². The topological polar surface area (TPSA) is 29.1 Å². The fraction of sp³-hybridized carbons (Fsp3) is 0.533. The maximum absolute atomic E-state index is 12.7. The van der Waals surface area contributed by atoms with Gasteiger partial charge in [0.1, 0.15) is 0 Å². The van der Waals surface area contributed by atoms with Gasteiger partial charge < -0.3 is 5.32 Å². The van der Waals surface area contributed by atoms with Crippen LogP contribution < -0.4 is 5.32 Å². The third-order valence-corrected chi connectivity index (χ3v) is 3.80. The number of hydrogen-bond acceptors (Lipinski definition) is 1. The fourth-order valence-electron chi connectivity index (χ4n) is 2.59. The Hall–Kier alpha value is -1.52. The first-order valence-electron chi connectivity index (χ1n) is 6.85. The van der Waals surface area contributed by atoms with Gasteiger partial charge >= 0.3 is 6.18 Å². The maximum Gasteiger partial charge on any atom is 0.416 e. The largest absolute Gasteiger partial charge is 0.416 e. The van der Waals surface area contributed by atoms with Crippen LogP contribution in [0, 0.1) is 5.92 Å². The van der Waals surface area contributed by atoms with Crippen LogP contribution in [0.4, 0.5) is 13.2 Å². The van der Waals surface area contributed by atoms with Crippen molar-refractivity contribution in [3.05, 3.63) is 35.4 Å². The van der Waals surface area contributed by atoms with E-state index < -0.39 is 17.8 Å². The Kier molecular flexibility index (Phi) is 4.35. The van der Waals surface area contributed by atoms with Crippen LogP contribution in [0.25, 0.3) is 0 Å². The summed E-state index contributed by atoms with van der Waals surface area (Å²) in [5.41, 5.74) is -0.205. The van der Waals surface area contributed by atoms with E-state index in [0.717, 1.165) is 37.8 Å². The molecule has 1 saturated carbocycles. The van der Waals surface area contributed by atoms with Crippen LogP contribution in [-0.2, 0) is 11.0 Å². The summed E-state index contributed by atoms with van der Waals surface area (Å²) in [6.07, 6.45) is -0.500. The monoisotopic (exact) mass is 285 g/mol. The molecular formula is C15H18F3NO. The van der Waals surface area contributed by atoms with Crippen molar-refractivity contribution in [1.29, 1.82) is 0 Å². The minimum atomic E-state index is -4.36. The highest BCUT2D eigenvalue weighted by Gasteiger charge is 2.31. The van der Waals surface area contributed by atoms with E-state index in [0.29, 0.717) is 5.56 Å². The lowest BCUT2D eigenvalue weighted by atomic mass is 10.0. The summed E-state index contributed by atoms with van der Waals surface area (Å²) in [5.74, 6) is -0.0318. The van der Waals surface area contributed by atoms with E-state index in [1.165, 1.54) is 6.07 Å². The highest BCUT2D eigenvalue weighted by Crippen LogP contribution is 2.31. The molecule has 5 heteroatoms. The second-order valence-electron chi connectivity index (χ2n) is 5.33. The maximum atomic E-state index is 12.7. The molecule has 0 heterocycles. The van der Waals surface area contributed by atoms with E-state index in [4.69, 9.17) is 0 Å². The van der Waals surface area contributed by atoms with Crippen LogP contribution in [0.2, 0.25) is 0 Å². The second-order valence-corrected chi connectivity index (χ2v) is 5.33. The molecule has 0 radical (unpaired) electrons. The van der Waals surface area contributed by atoms with Crippen molar-refractivity contribution >= 4 is 5.91 Å². The number of amides is 1. The SMILES string of the molecule is C[C@H](NC(=O)C1CCCC1)c1cccc(C(F)(F)F)c1. The first kappa shape index (κ1) is 14.9. The Balaban J connectivity index is 2.05. The molecule has 1 fully saturated rings. The zero-order valence-corrected chi connectivity index (χ0v) is 11.3. The third-order valence-electron chi connectivity index (χ3n) is 3.80. The molecule has 110 valence electrons. The van der Waals surface area contributed by atoms with E-state index in [1.54, 1.807) is 13.0 Å². The predicted octanol–water partition coefficient (Wildman–Crippen LogP) is 4.07. The van der Waals surface area contributed by atoms with Gasteiger partial charge in [0.05, 0.1) is 11.6 Å². The Labute approximate surface area is 116 Å². The van der Waals surface area contributed by atoms with Gasteiger partial charge in [0.2, 0.25) is 5.91 Å². The average Bonchev–Trinajstić information content (AvgIpc) is 2.91. The van der Waals surface area contributed by atoms with Gasteiger partial charge in [-0.15, -0.1) is 0 Å². The number of halogens is 3. The number of nitrogens with one attached hydrogen (secondary N) is 1. The number of carbonyl (C=O) groups is 1. The van der Waals surface area contributed by atoms with Crippen LogP contribution in [0.3, 0.4) is 0 Å². The molecule has 0 saturated heterocycles. The quantitative estimate of drug-likeness (QED) is 0.891. The van der Waals surface area contributed by atoms with Crippen molar-refractivity contribution in [2.45, 2.75) is 44.8 Å². The summed E-state index contributed by atoms with van der Waals surface area (Å²) in [6, 6.07) is 4.70. The van der Waals surface area contributed by atoms with Crippen LogP contribution in [-0.4, -0.2) is 5.91 Å². The van der Waals surface area contributed by atoms with Crippen molar-refractivity contribution in [3.63, 3.8) is 0 Å². The standard InChI is InChI=1S/C15H18F3NO/c1-10(19-14(20)11-5-2-3-6-11)12-7-4-8-13(9-12)15(16,17)18/h4,7-11H,2-3,5-6H2,1H3,(H,19,20)/t10-/m0/s1. The normalized spacial score (nSPS) is 18.0. The van der Waals surface area contributed by atoms with Crippen molar-refractivity contribution < 1.29 is 18.0 Å². The fourth-order valence-corrected chi connectivity index (χ4v) is 2.59. The molecule has 2 nitrogen and oxygen atoms in total. The lowest BCUT2D eigenvalue weighted by Crippen LogP contribution is -2.31. The number of hydrogen-bond donors (Lipinski definition) is 1. The van der Waals surface area contributed by atoms with Crippen molar-refractivity contribution in [3.8, 4) is 0 Å². The smallest absolute Gasteiger partial charge is 0.349 e. The molecule has 0 unspecified atom stereocenters. The Morgan fingerprint density at radius 1 is 1.30 bits per heavy atom. The third kappa shape index (κ3) is 3.52. The van der Waals surface area contributed by atoms with Crippen LogP contribution in [0.5, 0.6) is 0 Å². The number of benzene rings is 1. The molecule has 20 heavy (non-hydrogen) atoms.